The van der Waals surface area contributed by atoms with Gasteiger partial charge in [0.05, 0.1) is 6.20 Å². The van der Waals surface area contributed by atoms with Crippen LogP contribution in [0.1, 0.15) is 23.2 Å². The van der Waals surface area contributed by atoms with E-state index < -0.39 is 0 Å². The predicted octanol–water partition coefficient (Wildman–Crippen LogP) is 2.98. The molecule has 0 saturated heterocycles. The fourth-order valence-corrected chi connectivity index (χ4v) is 3.15. The monoisotopic (exact) mass is 348 g/mol. The summed E-state index contributed by atoms with van der Waals surface area (Å²) in [6.45, 7) is 0.444. The number of hydrogen-bond acceptors (Lipinski definition) is 4. The van der Waals surface area contributed by atoms with Crippen LogP contribution in [0, 0.1) is 0 Å². The first kappa shape index (κ1) is 16.3. The van der Waals surface area contributed by atoms with E-state index in [-0.39, 0.29) is 12.5 Å². The molecule has 26 heavy (non-hydrogen) atoms. The van der Waals surface area contributed by atoms with Crippen LogP contribution in [0.25, 0.3) is 0 Å². The van der Waals surface area contributed by atoms with Gasteiger partial charge >= 0.3 is 0 Å². The Labute approximate surface area is 151 Å². The Morgan fingerprint density at radius 2 is 1.96 bits per heavy atom. The number of carbonyl (C=O) groups is 1. The summed E-state index contributed by atoms with van der Waals surface area (Å²) in [6.07, 6.45) is 5.24. The van der Waals surface area contributed by atoms with Gasteiger partial charge in [-0.05, 0) is 54.7 Å². The third-order valence-electron chi connectivity index (χ3n) is 4.41. The van der Waals surface area contributed by atoms with E-state index in [9.17, 15) is 4.79 Å². The lowest BCUT2D eigenvalue weighted by Gasteiger charge is -2.06. The van der Waals surface area contributed by atoms with Gasteiger partial charge in [-0.1, -0.05) is 29.5 Å². The predicted molar refractivity (Wildman–Crippen MR) is 97.9 cm³/mol. The lowest BCUT2D eigenvalue weighted by atomic mass is 10.1. The number of hydrogen-bond donors (Lipinski definition) is 1. The molecule has 4 rings (SSSR count). The average molecular weight is 348 g/mol. The zero-order chi connectivity index (χ0) is 17.8. The van der Waals surface area contributed by atoms with E-state index in [2.05, 4.69) is 27.8 Å². The van der Waals surface area contributed by atoms with Gasteiger partial charge in [-0.25, -0.2) is 4.68 Å². The van der Waals surface area contributed by atoms with Crippen LogP contribution in [0.2, 0.25) is 0 Å². The highest BCUT2D eigenvalue weighted by molar-refractivity contribution is 5.90. The number of ether oxygens (including phenoxy) is 1. The van der Waals surface area contributed by atoms with Gasteiger partial charge in [0.15, 0.2) is 0 Å². The van der Waals surface area contributed by atoms with E-state index in [0.717, 1.165) is 24.3 Å². The number of rotatable bonds is 6. The smallest absolute Gasteiger partial charge is 0.246 e. The largest absolute Gasteiger partial charge is 0.487 e. The first-order valence-corrected chi connectivity index (χ1v) is 8.75. The maximum absolute atomic E-state index is 12.0. The Hall–Kier alpha value is -3.15. The maximum atomic E-state index is 12.0. The minimum atomic E-state index is -0.146. The number of amides is 1. The molecule has 6 heteroatoms. The van der Waals surface area contributed by atoms with Crippen LogP contribution >= 0.6 is 0 Å². The summed E-state index contributed by atoms with van der Waals surface area (Å²) in [5.41, 5.74) is 4.26. The van der Waals surface area contributed by atoms with Crippen LogP contribution in [0.4, 0.5) is 5.69 Å². The molecule has 0 fully saturated rings. The molecule has 0 unspecified atom stereocenters. The summed E-state index contributed by atoms with van der Waals surface area (Å²) in [6, 6.07) is 15.6. The normalized spacial score (nSPS) is 12.6. The van der Waals surface area contributed by atoms with Crippen molar-refractivity contribution in [1.82, 2.24) is 15.0 Å². The number of aryl methyl sites for hydroxylation is 2. The van der Waals surface area contributed by atoms with Gasteiger partial charge in [0.1, 0.15) is 24.6 Å². The topological polar surface area (TPSA) is 69.0 Å². The summed E-state index contributed by atoms with van der Waals surface area (Å²) in [4.78, 5) is 12.0. The summed E-state index contributed by atoms with van der Waals surface area (Å²) >= 11 is 0. The third kappa shape index (κ3) is 3.91. The lowest BCUT2D eigenvalue weighted by molar-refractivity contribution is -0.116. The standard InChI is InChI=1S/C20H20N4O2/c25-20(21-17-7-2-1-3-8-17)13-24-12-18(22-23-24)14-26-19-10-9-15-5-4-6-16(15)11-19/h1-3,7-12H,4-6,13-14H2,(H,21,25). The first-order valence-electron chi connectivity index (χ1n) is 8.75. The van der Waals surface area contributed by atoms with E-state index in [1.165, 1.54) is 22.2 Å². The highest BCUT2D eigenvalue weighted by Crippen LogP contribution is 2.26. The summed E-state index contributed by atoms with van der Waals surface area (Å²) < 4.78 is 7.33. The molecule has 1 amide bonds. The molecule has 3 aromatic rings. The molecule has 0 saturated carbocycles. The zero-order valence-corrected chi connectivity index (χ0v) is 14.4. The van der Waals surface area contributed by atoms with Crippen molar-refractivity contribution in [3.8, 4) is 5.75 Å². The molecule has 1 heterocycles. The van der Waals surface area contributed by atoms with Crippen molar-refractivity contribution < 1.29 is 9.53 Å². The van der Waals surface area contributed by atoms with E-state index in [4.69, 9.17) is 4.74 Å². The Bertz CT molecular complexity index is 905. The minimum Gasteiger partial charge on any atom is -0.487 e. The lowest BCUT2D eigenvalue weighted by Crippen LogP contribution is -2.19. The van der Waals surface area contributed by atoms with Crippen molar-refractivity contribution in [3.63, 3.8) is 0 Å². The van der Waals surface area contributed by atoms with Gasteiger partial charge in [0.2, 0.25) is 5.91 Å². The van der Waals surface area contributed by atoms with Crippen LogP contribution in [0.3, 0.4) is 0 Å². The van der Waals surface area contributed by atoms with Gasteiger partial charge < -0.3 is 10.1 Å². The molecule has 0 aliphatic heterocycles. The fourth-order valence-electron chi connectivity index (χ4n) is 3.15. The summed E-state index contributed by atoms with van der Waals surface area (Å²) in [5, 5.41) is 10.9. The highest BCUT2D eigenvalue weighted by Gasteiger charge is 2.12. The summed E-state index contributed by atoms with van der Waals surface area (Å²) in [7, 11) is 0. The number of aromatic nitrogens is 3. The highest BCUT2D eigenvalue weighted by atomic mass is 16.5. The van der Waals surface area contributed by atoms with Crippen LogP contribution < -0.4 is 10.1 Å². The molecule has 1 aromatic heterocycles. The molecule has 6 nitrogen and oxygen atoms in total. The summed E-state index contributed by atoms with van der Waals surface area (Å²) in [5.74, 6) is 0.703. The van der Waals surface area contributed by atoms with Gasteiger partial charge in [-0.15, -0.1) is 5.10 Å². The van der Waals surface area contributed by atoms with Crippen molar-refractivity contribution in [2.75, 3.05) is 5.32 Å². The molecule has 2 aromatic carbocycles. The fraction of sp³-hybridized carbons (Fsp3) is 0.250. The Morgan fingerprint density at radius 3 is 2.85 bits per heavy atom. The number of benzene rings is 2. The van der Waals surface area contributed by atoms with Crippen molar-refractivity contribution >= 4 is 11.6 Å². The van der Waals surface area contributed by atoms with Gasteiger partial charge in [0, 0.05) is 5.69 Å². The van der Waals surface area contributed by atoms with Crippen LogP contribution in [0.5, 0.6) is 5.75 Å². The number of fused-ring (bicyclic) bond motifs is 1. The number of nitrogens with zero attached hydrogens (tertiary/aromatic N) is 3. The molecule has 0 spiro atoms. The van der Waals surface area contributed by atoms with Crippen LogP contribution in [-0.2, 0) is 30.8 Å². The Morgan fingerprint density at radius 1 is 1.12 bits per heavy atom. The second kappa shape index (κ2) is 7.39. The molecule has 1 aliphatic rings. The molecular formula is C20H20N4O2. The number of nitrogens with one attached hydrogen (secondary N) is 1. The van der Waals surface area contributed by atoms with Crippen LogP contribution in [0.15, 0.2) is 54.7 Å². The number of carbonyl (C=O) groups excluding carboxylic acids is 1. The Balaban J connectivity index is 1.31. The molecule has 1 aliphatic carbocycles. The Kier molecular flexibility index (Phi) is 4.64. The number of para-hydroxylation sites is 1. The maximum Gasteiger partial charge on any atom is 0.246 e. The molecule has 0 bridgehead atoms. The first-order chi connectivity index (χ1) is 12.8. The quantitative estimate of drug-likeness (QED) is 0.743. The molecular weight excluding hydrogens is 328 g/mol. The van der Waals surface area contributed by atoms with Gasteiger partial charge in [-0.2, -0.15) is 0 Å². The molecule has 0 radical (unpaired) electrons. The third-order valence-corrected chi connectivity index (χ3v) is 4.41. The van der Waals surface area contributed by atoms with E-state index in [1.807, 2.05) is 36.4 Å². The number of anilines is 1. The molecule has 1 N–H and O–H groups in total. The average Bonchev–Trinajstić information content (AvgIpc) is 3.29. The van der Waals surface area contributed by atoms with E-state index in [1.54, 1.807) is 6.20 Å². The minimum absolute atomic E-state index is 0.112. The molecule has 132 valence electrons. The second-order valence-electron chi connectivity index (χ2n) is 6.39. The van der Waals surface area contributed by atoms with Crippen LogP contribution in [-0.4, -0.2) is 20.9 Å². The van der Waals surface area contributed by atoms with E-state index >= 15 is 0 Å². The van der Waals surface area contributed by atoms with Gasteiger partial charge in [-0.3, -0.25) is 4.79 Å². The zero-order valence-electron chi connectivity index (χ0n) is 14.4. The van der Waals surface area contributed by atoms with Gasteiger partial charge in [0.25, 0.3) is 0 Å². The SMILES string of the molecule is O=C(Cn1cc(COc2ccc3c(c2)CCC3)nn1)Nc1ccccc1. The van der Waals surface area contributed by atoms with Crippen molar-refractivity contribution in [2.24, 2.45) is 0 Å². The van der Waals surface area contributed by atoms with E-state index in [0.29, 0.717) is 12.3 Å². The van der Waals surface area contributed by atoms with Crippen molar-refractivity contribution in [2.45, 2.75) is 32.4 Å². The van der Waals surface area contributed by atoms with Crippen molar-refractivity contribution in [3.05, 3.63) is 71.5 Å². The van der Waals surface area contributed by atoms with Crippen molar-refractivity contribution in [1.29, 1.82) is 0 Å². The second-order valence-corrected chi connectivity index (χ2v) is 6.39. The molecule has 0 atom stereocenters.